The highest BCUT2D eigenvalue weighted by atomic mass is 19.1. The lowest BCUT2D eigenvalue weighted by atomic mass is 10.1. The summed E-state index contributed by atoms with van der Waals surface area (Å²) in [5.41, 5.74) is 2.57. The number of aliphatic imine (C=N–C) groups is 1. The van der Waals surface area contributed by atoms with Gasteiger partial charge in [0.05, 0.1) is 6.04 Å². The van der Waals surface area contributed by atoms with Gasteiger partial charge < -0.3 is 20.3 Å². The first-order chi connectivity index (χ1) is 13.4. The maximum atomic E-state index is 13.8. The fourth-order valence-electron chi connectivity index (χ4n) is 2.67. The monoisotopic (exact) mass is 386 g/mol. The zero-order valence-corrected chi connectivity index (χ0v) is 17.4. The van der Waals surface area contributed by atoms with E-state index in [1.165, 1.54) is 0 Å². The van der Waals surface area contributed by atoms with Gasteiger partial charge in [-0.25, -0.2) is 4.39 Å². The summed E-state index contributed by atoms with van der Waals surface area (Å²) in [7, 11) is 5.76. The topological polar surface area (TPSA) is 48.9 Å². The number of para-hydroxylation sites is 1. The minimum absolute atomic E-state index is 0.0760. The number of halogens is 1. The Hall–Kier alpha value is -2.60. The van der Waals surface area contributed by atoms with Crippen molar-refractivity contribution >= 4 is 5.96 Å². The number of hydrogen-bond donors (Lipinski definition) is 2. The fraction of sp³-hybridized carbons (Fsp3) is 0.409. The maximum absolute atomic E-state index is 13.8. The Morgan fingerprint density at radius 1 is 1.21 bits per heavy atom. The van der Waals surface area contributed by atoms with Gasteiger partial charge in [-0.1, -0.05) is 30.3 Å². The van der Waals surface area contributed by atoms with Gasteiger partial charge in [0.25, 0.3) is 0 Å². The molecule has 0 fully saturated rings. The number of ether oxygens (including phenoxy) is 1. The van der Waals surface area contributed by atoms with Crippen molar-refractivity contribution in [3.63, 3.8) is 0 Å². The molecule has 2 aromatic rings. The second-order valence-corrected chi connectivity index (χ2v) is 7.06. The first-order valence-corrected chi connectivity index (χ1v) is 9.49. The van der Waals surface area contributed by atoms with Crippen LogP contribution in [0.3, 0.4) is 0 Å². The number of aryl methyl sites for hydroxylation is 1. The van der Waals surface area contributed by atoms with Gasteiger partial charge in [-0.05, 0) is 51.2 Å². The van der Waals surface area contributed by atoms with Crippen molar-refractivity contribution in [3.05, 3.63) is 65.0 Å². The molecule has 0 bridgehead atoms. The normalized spacial score (nSPS) is 12.8. The Morgan fingerprint density at radius 3 is 2.64 bits per heavy atom. The SMILES string of the molecule is CN=C(NCc1ccccc1OCCN(C)C)NC(C)c1ccc(C)c(F)c1. The molecule has 0 saturated carbocycles. The van der Waals surface area contributed by atoms with Crippen LogP contribution in [0.5, 0.6) is 5.75 Å². The van der Waals surface area contributed by atoms with E-state index in [2.05, 4.69) is 20.5 Å². The van der Waals surface area contributed by atoms with E-state index < -0.39 is 0 Å². The van der Waals surface area contributed by atoms with Gasteiger partial charge in [0.15, 0.2) is 5.96 Å². The molecular weight excluding hydrogens is 355 g/mol. The standard InChI is InChI=1S/C22H31FN4O/c1-16-10-11-18(14-20(16)23)17(2)26-22(24-3)25-15-19-8-6-7-9-21(19)28-13-12-27(4)5/h6-11,14,17H,12-13,15H2,1-5H3,(H2,24,25,26). The first-order valence-electron chi connectivity index (χ1n) is 9.49. The summed E-state index contributed by atoms with van der Waals surface area (Å²) < 4.78 is 19.7. The van der Waals surface area contributed by atoms with Crippen molar-refractivity contribution in [1.29, 1.82) is 0 Å². The molecule has 0 radical (unpaired) electrons. The summed E-state index contributed by atoms with van der Waals surface area (Å²) in [5.74, 6) is 1.32. The number of nitrogens with zero attached hydrogens (tertiary/aromatic N) is 2. The molecule has 1 unspecified atom stereocenters. The van der Waals surface area contributed by atoms with Gasteiger partial charge in [0.2, 0.25) is 0 Å². The predicted octanol–water partition coefficient (Wildman–Crippen LogP) is 3.50. The van der Waals surface area contributed by atoms with Gasteiger partial charge in [0.1, 0.15) is 18.2 Å². The largest absolute Gasteiger partial charge is 0.492 e. The van der Waals surface area contributed by atoms with Crippen LogP contribution in [-0.4, -0.2) is 45.2 Å². The van der Waals surface area contributed by atoms with Gasteiger partial charge in [-0.2, -0.15) is 0 Å². The molecular formula is C22H31FN4O. The molecule has 0 amide bonds. The molecule has 0 aliphatic heterocycles. The Kier molecular flexibility index (Phi) is 8.26. The number of likely N-dealkylation sites (N-methyl/N-ethyl adjacent to an activating group) is 1. The van der Waals surface area contributed by atoms with Crippen molar-refractivity contribution in [3.8, 4) is 5.75 Å². The summed E-state index contributed by atoms with van der Waals surface area (Å²) in [6, 6.07) is 13.2. The molecule has 1 atom stereocenters. The van der Waals surface area contributed by atoms with Crippen LogP contribution in [0, 0.1) is 12.7 Å². The molecule has 0 spiro atoms. The Balaban J connectivity index is 1.96. The quantitative estimate of drug-likeness (QED) is 0.539. The highest BCUT2D eigenvalue weighted by Crippen LogP contribution is 2.18. The van der Waals surface area contributed by atoms with Crippen molar-refractivity contribution < 1.29 is 9.13 Å². The highest BCUT2D eigenvalue weighted by molar-refractivity contribution is 5.80. The third kappa shape index (κ3) is 6.53. The molecule has 2 rings (SSSR count). The smallest absolute Gasteiger partial charge is 0.191 e. The van der Waals surface area contributed by atoms with E-state index in [1.54, 1.807) is 26.1 Å². The van der Waals surface area contributed by atoms with E-state index in [1.807, 2.05) is 51.4 Å². The van der Waals surface area contributed by atoms with Crippen LogP contribution in [0.25, 0.3) is 0 Å². The van der Waals surface area contributed by atoms with Crippen LogP contribution in [0.15, 0.2) is 47.5 Å². The van der Waals surface area contributed by atoms with E-state index in [4.69, 9.17) is 4.74 Å². The summed E-state index contributed by atoms with van der Waals surface area (Å²) in [6.07, 6.45) is 0. The molecule has 2 aromatic carbocycles. The van der Waals surface area contributed by atoms with Crippen molar-refractivity contribution in [1.82, 2.24) is 15.5 Å². The molecule has 2 N–H and O–H groups in total. The van der Waals surface area contributed by atoms with Gasteiger partial charge >= 0.3 is 0 Å². The van der Waals surface area contributed by atoms with E-state index in [0.717, 1.165) is 23.4 Å². The molecule has 5 nitrogen and oxygen atoms in total. The van der Waals surface area contributed by atoms with Crippen LogP contribution in [-0.2, 0) is 6.54 Å². The van der Waals surface area contributed by atoms with E-state index in [9.17, 15) is 4.39 Å². The van der Waals surface area contributed by atoms with Crippen LogP contribution < -0.4 is 15.4 Å². The highest BCUT2D eigenvalue weighted by Gasteiger charge is 2.11. The lowest BCUT2D eigenvalue weighted by Gasteiger charge is -2.19. The van der Waals surface area contributed by atoms with E-state index >= 15 is 0 Å². The number of rotatable bonds is 8. The molecule has 0 aromatic heterocycles. The summed E-state index contributed by atoms with van der Waals surface area (Å²) in [5, 5.41) is 6.61. The van der Waals surface area contributed by atoms with Crippen LogP contribution in [0.1, 0.15) is 29.7 Å². The molecule has 0 saturated heterocycles. The van der Waals surface area contributed by atoms with Crippen molar-refractivity contribution in [2.45, 2.75) is 26.4 Å². The predicted molar refractivity (Wildman–Crippen MR) is 113 cm³/mol. The Bertz CT molecular complexity index is 792. The van der Waals surface area contributed by atoms with Gasteiger partial charge in [0, 0.05) is 25.7 Å². The third-order valence-electron chi connectivity index (χ3n) is 4.49. The second-order valence-electron chi connectivity index (χ2n) is 7.06. The lowest BCUT2D eigenvalue weighted by Crippen LogP contribution is -2.38. The minimum Gasteiger partial charge on any atom is -0.492 e. The van der Waals surface area contributed by atoms with Crippen LogP contribution in [0.4, 0.5) is 4.39 Å². The average Bonchev–Trinajstić information content (AvgIpc) is 2.67. The first kappa shape index (κ1) is 21.7. The second kappa shape index (κ2) is 10.7. The number of guanidine groups is 1. The van der Waals surface area contributed by atoms with Gasteiger partial charge in [-0.15, -0.1) is 0 Å². The van der Waals surface area contributed by atoms with E-state index in [-0.39, 0.29) is 11.9 Å². The molecule has 0 heterocycles. The Labute approximate surface area is 167 Å². The third-order valence-corrected chi connectivity index (χ3v) is 4.49. The number of nitrogens with one attached hydrogen (secondary N) is 2. The molecule has 152 valence electrons. The molecule has 28 heavy (non-hydrogen) atoms. The minimum atomic E-state index is -0.196. The van der Waals surface area contributed by atoms with Crippen molar-refractivity contribution in [2.24, 2.45) is 4.99 Å². The Morgan fingerprint density at radius 2 is 1.96 bits per heavy atom. The van der Waals surface area contributed by atoms with Crippen LogP contribution in [0.2, 0.25) is 0 Å². The summed E-state index contributed by atoms with van der Waals surface area (Å²) in [4.78, 5) is 6.36. The lowest BCUT2D eigenvalue weighted by molar-refractivity contribution is 0.259. The zero-order chi connectivity index (χ0) is 20.5. The average molecular weight is 387 g/mol. The maximum Gasteiger partial charge on any atom is 0.191 e. The molecule has 0 aliphatic rings. The summed E-state index contributed by atoms with van der Waals surface area (Å²) >= 11 is 0. The number of hydrogen-bond acceptors (Lipinski definition) is 3. The number of benzene rings is 2. The molecule has 6 heteroatoms. The summed E-state index contributed by atoms with van der Waals surface area (Å²) in [6.45, 7) is 5.81. The van der Waals surface area contributed by atoms with Gasteiger partial charge in [-0.3, -0.25) is 4.99 Å². The van der Waals surface area contributed by atoms with Crippen molar-refractivity contribution in [2.75, 3.05) is 34.3 Å². The molecule has 0 aliphatic carbocycles. The van der Waals surface area contributed by atoms with E-state index in [0.29, 0.717) is 24.7 Å². The fourth-order valence-corrected chi connectivity index (χ4v) is 2.67. The zero-order valence-electron chi connectivity index (χ0n) is 17.4. The van der Waals surface area contributed by atoms with Crippen LogP contribution >= 0.6 is 0 Å².